The summed E-state index contributed by atoms with van der Waals surface area (Å²) in [5.41, 5.74) is 1.06. The van der Waals surface area contributed by atoms with Gasteiger partial charge in [0.25, 0.3) is 5.56 Å². The predicted octanol–water partition coefficient (Wildman–Crippen LogP) is 2.38. The fraction of sp³-hybridized carbons (Fsp3) is 0.474. The van der Waals surface area contributed by atoms with Crippen LogP contribution in [-0.2, 0) is 21.1 Å². The first-order chi connectivity index (χ1) is 12.7. The normalized spacial score (nSPS) is 18.5. The fourth-order valence-corrected chi connectivity index (χ4v) is 5.19. The van der Waals surface area contributed by atoms with E-state index in [0.29, 0.717) is 29.7 Å². The Bertz CT molecular complexity index is 1050. The van der Waals surface area contributed by atoms with Crippen LogP contribution in [0.15, 0.2) is 28.0 Å². The molecule has 0 saturated heterocycles. The molecule has 2 aromatic rings. The number of carbonyl (C=O) groups excluding carboxylic acids is 1. The number of aromatic nitrogens is 2. The third-order valence-corrected chi connectivity index (χ3v) is 6.66. The number of hydrogen-bond donors (Lipinski definition) is 1. The molecule has 1 aromatic carbocycles. The van der Waals surface area contributed by atoms with E-state index in [2.05, 4.69) is 5.10 Å². The van der Waals surface area contributed by atoms with Crippen LogP contribution in [0.25, 0.3) is 0 Å². The van der Waals surface area contributed by atoms with Crippen LogP contribution in [0.4, 0.5) is 0 Å². The maximum atomic E-state index is 13.0. The van der Waals surface area contributed by atoms with Crippen LogP contribution < -0.4 is 5.56 Å². The number of benzene rings is 1. The van der Waals surface area contributed by atoms with Gasteiger partial charge >= 0.3 is 0 Å². The predicted molar refractivity (Wildman–Crippen MR) is 101 cm³/mol. The van der Waals surface area contributed by atoms with Crippen molar-refractivity contribution in [2.75, 3.05) is 5.75 Å². The zero-order valence-electron chi connectivity index (χ0n) is 15.9. The Morgan fingerprint density at radius 2 is 2.04 bits per heavy atom. The van der Waals surface area contributed by atoms with E-state index in [-0.39, 0.29) is 27.9 Å². The lowest BCUT2D eigenvalue weighted by Crippen LogP contribution is -2.26. The second kappa shape index (κ2) is 7.09. The lowest BCUT2D eigenvalue weighted by molar-refractivity contribution is 0.00172. The van der Waals surface area contributed by atoms with Crippen LogP contribution >= 0.6 is 0 Å². The van der Waals surface area contributed by atoms with Gasteiger partial charge in [-0.3, -0.25) is 14.3 Å². The average Bonchev–Trinajstić information content (AvgIpc) is 2.97. The van der Waals surface area contributed by atoms with E-state index in [1.165, 1.54) is 23.0 Å². The van der Waals surface area contributed by atoms with E-state index < -0.39 is 21.7 Å². The quantitative estimate of drug-likeness (QED) is 0.788. The van der Waals surface area contributed by atoms with Crippen molar-refractivity contribution in [3.8, 4) is 0 Å². The minimum atomic E-state index is -3.41. The Kier molecular flexibility index (Phi) is 5.14. The van der Waals surface area contributed by atoms with Crippen LogP contribution in [0, 0.1) is 6.92 Å². The number of ketones is 1. The number of nitrogens with one attached hydrogen (secondary N) is 1. The summed E-state index contributed by atoms with van der Waals surface area (Å²) in [4.78, 5) is 25.5. The fourth-order valence-electron chi connectivity index (χ4n) is 3.55. The number of H-pyrrole nitrogens is 1. The minimum Gasteiger partial charge on any atom is -0.371 e. The second-order valence-electron chi connectivity index (χ2n) is 7.00. The van der Waals surface area contributed by atoms with Crippen molar-refractivity contribution in [3.63, 3.8) is 0 Å². The summed E-state index contributed by atoms with van der Waals surface area (Å²) in [6, 6.07) is 2.96. The number of nitrogens with zero attached hydrogens (tertiary/aromatic N) is 1. The smallest absolute Gasteiger partial charge is 0.277 e. The van der Waals surface area contributed by atoms with Crippen LogP contribution in [-0.4, -0.2) is 35.8 Å². The zero-order valence-corrected chi connectivity index (χ0v) is 16.7. The number of aryl methyl sites for hydroxylation is 1. The van der Waals surface area contributed by atoms with Crippen molar-refractivity contribution >= 4 is 15.6 Å². The van der Waals surface area contributed by atoms with E-state index >= 15 is 0 Å². The number of carbonyl (C=O) groups is 1. The minimum absolute atomic E-state index is 0.0170. The molecular formula is C19H24N2O5S. The number of aromatic amines is 1. The third kappa shape index (κ3) is 3.39. The van der Waals surface area contributed by atoms with Crippen LogP contribution in [0.5, 0.6) is 0 Å². The SMILES string of the molecule is CCn1[nH]cc(C(=O)c2ccc3c(c2C)C(OC(C)C)CCS3(=O)=O)c1=O. The summed E-state index contributed by atoms with van der Waals surface area (Å²) in [6.45, 7) is 7.72. The first kappa shape index (κ1) is 19.6. The van der Waals surface area contributed by atoms with Gasteiger partial charge in [0.15, 0.2) is 15.6 Å². The number of fused-ring (bicyclic) bond motifs is 1. The lowest BCUT2D eigenvalue weighted by Gasteiger charge is -2.29. The summed E-state index contributed by atoms with van der Waals surface area (Å²) >= 11 is 0. The molecule has 0 bridgehead atoms. The molecule has 1 unspecified atom stereocenters. The van der Waals surface area contributed by atoms with E-state index in [1.807, 2.05) is 13.8 Å². The van der Waals surface area contributed by atoms with Gasteiger partial charge in [0.1, 0.15) is 5.56 Å². The van der Waals surface area contributed by atoms with Crippen molar-refractivity contribution < 1.29 is 17.9 Å². The highest BCUT2D eigenvalue weighted by atomic mass is 32.2. The van der Waals surface area contributed by atoms with Crippen molar-refractivity contribution in [3.05, 3.63) is 50.9 Å². The Labute approximate surface area is 158 Å². The van der Waals surface area contributed by atoms with Gasteiger partial charge in [0.2, 0.25) is 0 Å². The maximum absolute atomic E-state index is 13.0. The van der Waals surface area contributed by atoms with Gasteiger partial charge in [-0.25, -0.2) is 8.42 Å². The largest absolute Gasteiger partial charge is 0.371 e. The highest BCUT2D eigenvalue weighted by molar-refractivity contribution is 7.91. The van der Waals surface area contributed by atoms with Gasteiger partial charge in [-0.15, -0.1) is 0 Å². The maximum Gasteiger partial charge on any atom is 0.277 e. The number of ether oxygens (including phenoxy) is 1. The molecule has 3 rings (SSSR count). The summed E-state index contributed by atoms with van der Waals surface area (Å²) in [6.07, 6.45) is 1.27. The van der Waals surface area contributed by atoms with Gasteiger partial charge in [-0.05, 0) is 51.8 Å². The summed E-state index contributed by atoms with van der Waals surface area (Å²) in [5.74, 6) is -0.404. The Morgan fingerprint density at radius 3 is 2.63 bits per heavy atom. The lowest BCUT2D eigenvalue weighted by atomic mass is 9.92. The molecule has 0 saturated carbocycles. The molecule has 7 nitrogen and oxygen atoms in total. The monoisotopic (exact) mass is 392 g/mol. The number of sulfone groups is 1. The van der Waals surface area contributed by atoms with Gasteiger partial charge < -0.3 is 9.84 Å². The van der Waals surface area contributed by atoms with Crippen molar-refractivity contribution in [2.24, 2.45) is 0 Å². The Balaban J connectivity index is 2.15. The van der Waals surface area contributed by atoms with E-state index in [4.69, 9.17) is 4.74 Å². The van der Waals surface area contributed by atoms with Crippen molar-refractivity contribution in [1.29, 1.82) is 0 Å². The van der Waals surface area contributed by atoms with Crippen molar-refractivity contribution in [2.45, 2.75) is 57.8 Å². The molecular weight excluding hydrogens is 368 g/mol. The highest BCUT2D eigenvalue weighted by Crippen LogP contribution is 2.38. The molecule has 27 heavy (non-hydrogen) atoms. The molecule has 0 fully saturated rings. The van der Waals surface area contributed by atoms with Gasteiger partial charge in [-0.2, -0.15) is 0 Å². The molecule has 0 radical (unpaired) electrons. The molecule has 1 N–H and O–H groups in total. The van der Waals surface area contributed by atoms with Gasteiger partial charge in [0, 0.05) is 23.9 Å². The van der Waals surface area contributed by atoms with Crippen LogP contribution in [0.2, 0.25) is 0 Å². The molecule has 0 amide bonds. The molecule has 0 spiro atoms. The molecule has 1 aliphatic heterocycles. The molecule has 1 aromatic heterocycles. The summed E-state index contributed by atoms with van der Waals surface area (Å²) in [7, 11) is -3.41. The number of hydrogen-bond acceptors (Lipinski definition) is 5. The third-order valence-electron chi connectivity index (χ3n) is 4.86. The van der Waals surface area contributed by atoms with E-state index in [9.17, 15) is 18.0 Å². The Morgan fingerprint density at radius 1 is 1.33 bits per heavy atom. The standard InChI is InChI=1S/C19H24N2O5S/c1-5-21-19(23)14(10-20-21)18(22)13-6-7-16-17(12(13)4)15(26-11(2)3)8-9-27(16,24)25/h6-7,10-11,15,20H,5,8-9H2,1-4H3. The van der Waals surface area contributed by atoms with Gasteiger partial charge in [0.05, 0.1) is 22.9 Å². The van der Waals surface area contributed by atoms with Crippen LogP contribution in [0.3, 0.4) is 0 Å². The van der Waals surface area contributed by atoms with Crippen molar-refractivity contribution in [1.82, 2.24) is 9.78 Å². The van der Waals surface area contributed by atoms with E-state index in [1.54, 1.807) is 13.8 Å². The topological polar surface area (TPSA) is 98.2 Å². The van der Waals surface area contributed by atoms with Crippen LogP contribution in [0.1, 0.15) is 60.3 Å². The second-order valence-corrected chi connectivity index (χ2v) is 9.07. The molecule has 2 heterocycles. The molecule has 8 heteroatoms. The first-order valence-electron chi connectivity index (χ1n) is 9.02. The molecule has 1 atom stereocenters. The van der Waals surface area contributed by atoms with Gasteiger partial charge in [-0.1, -0.05) is 0 Å². The molecule has 146 valence electrons. The average molecular weight is 392 g/mol. The zero-order chi connectivity index (χ0) is 19.9. The molecule has 0 aliphatic carbocycles. The summed E-state index contributed by atoms with van der Waals surface area (Å²) < 4.78 is 32.3. The van der Waals surface area contributed by atoms with E-state index in [0.717, 1.165) is 0 Å². The first-order valence-corrected chi connectivity index (χ1v) is 10.7. The summed E-state index contributed by atoms with van der Waals surface area (Å²) in [5, 5.41) is 2.77. The Hall–Kier alpha value is -2.19. The highest BCUT2D eigenvalue weighted by Gasteiger charge is 2.34. The molecule has 1 aliphatic rings. The number of rotatable bonds is 5.